The van der Waals surface area contributed by atoms with Crippen LogP contribution in [-0.2, 0) is 4.79 Å². The second kappa shape index (κ2) is 13.4. The number of aliphatic imine (C=N–C) groups is 1. The first-order chi connectivity index (χ1) is 10.7. The highest BCUT2D eigenvalue weighted by Crippen LogP contribution is 2.16. The van der Waals surface area contributed by atoms with Gasteiger partial charge in [-0.1, -0.05) is 5.92 Å². The zero-order chi connectivity index (χ0) is 16.2. The number of nitrogens with one attached hydrogen (secondary N) is 2. The Labute approximate surface area is 157 Å². The summed E-state index contributed by atoms with van der Waals surface area (Å²) < 4.78 is 0. The van der Waals surface area contributed by atoms with Crippen LogP contribution in [0.25, 0.3) is 0 Å². The number of primary amides is 1. The Morgan fingerprint density at radius 2 is 2.04 bits per heavy atom. The number of amides is 1. The van der Waals surface area contributed by atoms with Gasteiger partial charge in [0.05, 0.1) is 6.54 Å². The van der Waals surface area contributed by atoms with Crippen LogP contribution in [0.3, 0.4) is 0 Å². The highest BCUT2D eigenvalue weighted by atomic mass is 127. The number of hydrogen-bond acceptors (Lipinski definition) is 3. The Kier molecular flexibility index (Phi) is 12.8. The standard InChI is InChI=1S/C16H29N5O.HI/c1-3-9-19-16(18-4-2)20-10-5-6-11-21-12-7-14(8-13-21)15(17)22;/h1,14H,4-13H2,2H3,(H2,17,22)(H2,18,19,20);1H. The van der Waals surface area contributed by atoms with Crippen LogP contribution in [0.4, 0.5) is 0 Å². The van der Waals surface area contributed by atoms with Crippen LogP contribution in [0, 0.1) is 18.3 Å². The SMILES string of the molecule is C#CCNC(=NCCCCN1CCC(C(N)=O)CC1)NCC.I. The average Bonchev–Trinajstić information content (AvgIpc) is 2.52. The van der Waals surface area contributed by atoms with E-state index in [9.17, 15) is 4.79 Å². The number of piperidine rings is 1. The molecule has 1 aliphatic rings. The van der Waals surface area contributed by atoms with Gasteiger partial charge in [-0.2, -0.15) is 0 Å². The smallest absolute Gasteiger partial charge is 0.220 e. The molecule has 4 N–H and O–H groups in total. The summed E-state index contributed by atoms with van der Waals surface area (Å²) >= 11 is 0. The van der Waals surface area contributed by atoms with E-state index < -0.39 is 0 Å². The summed E-state index contributed by atoms with van der Waals surface area (Å²) in [6.07, 6.45) is 9.18. The number of terminal acetylenes is 1. The first-order valence-corrected chi connectivity index (χ1v) is 8.14. The molecule has 132 valence electrons. The first-order valence-electron chi connectivity index (χ1n) is 8.14. The summed E-state index contributed by atoms with van der Waals surface area (Å²) in [7, 11) is 0. The molecule has 0 radical (unpaired) electrons. The molecule has 0 bridgehead atoms. The topological polar surface area (TPSA) is 82.8 Å². The largest absolute Gasteiger partial charge is 0.369 e. The number of nitrogens with two attached hydrogens (primary N) is 1. The minimum absolute atomic E-state index is 0. The average molecular weight is 435 g/mol. The maximum Gasteiger partial charge on any atom is 0.220 e. The fourth-order valence-corrected chi connectivity index (χ4v) is 2.56. The van der Waals surface area contributed by atoms with E-state index in [0.717, 1.165) is 64.4 Å². The van der Waals surface area contributed by atoms with E-state index in [1.807, 2.05) is 6.92 Å². The van der Waals surface area contributed by atoms with Crippen LogP contribution in [0.2, 0.25) is 0 Å². The number of rotatable bonds is 8. The number of guanidine groups is 1. The third kappa shape index (κ3) is 9.66. The van der Waals surface area contributed by atoms with Gasteiger partial charge in [0, 0.05) is 19.0 Å². The van der Waals surface area contributed by atoms with Crippen molar-refractivity contribution in [3.8, 4) is 12.3 Å². The van der Waals surface area contributed by atoms with Crippen LogP contribution >= 0.6 is 24.0 Å². The quantitative estimate of drug-likeness (QED) is 0.173. The molecule has 7 heteroatoms. The molecule has 0 aromatic rings. The van der Waals surface area contributed by atoms with Crippen molar-refractivity contribution in [1.82, 2.24) is 15.5 Å². The van der Waals surface area contributed by atoms with Gasteiger partial charge in [-0.15, -0.1) is 30.4 Å². The summed E-state index contributed by atoms with van der Waals surface area (Å²) in [5.74, 6) is 3.25. The van der Waals surface area contributed by atoms with E-state index in [-0.39, 0.29) is 35.8 Å². The molecule has 1 fully saturated rings. The van der Waals surface area contributed by atoms with Crippen LogP contribution in [0.15, 0.2) is 4.99 Å². The van der Waals surface area contributed by atoms with E-state index in [2.05, 4.69) is 26.4 Å². The van der Waals surface area contributed by atoms with Crippen LogP contribution in [0.1, 0.15) is 32.6 Å². The molecule has 0 atom stereocenters. The van der Waals surface area contributed by atoms with Crippen molar-refractivity contribution in [1.29, 1.82) is 0 Å². The molecule has 1 rings (SSSR count). The van der Waals surface area contributed by atoms with Crippen molar-refractivity contribution >= 4 is 35.8 Å². The zero-order valence-electron chi connectivity index (χ0n) is 14.0. The van der Waals surface area contributed by atoms with E-state index in [4.69, 9.17) is 12.2 Å². The molecular formula is C16H30IN5O. The van der Waals surface area contributed by atoms with Gasteiger partial charge in [0.1, 0.15) is 0 Å². The Bertz CT molecular complexity index is 400. The van der Waals surface area contributed by atoms with Gasteiger partial charge in [0.25, 0.3) is 0 Å². The Hall–Kier alpha value is -1.01. The zero-order valence-corrected chi connectivity index (χ0v) is 16.3. The number of carbonyl (C=O) groups excluding carboxylic acids is 1. The predicted molar refractivity (Wildman–Crippen MR) is 106 cm³/mol. The van der Waals surface area contributed by atoms with Crippen LogP contribution < -0.4 is 16.4 Å². The maximum atomic E-state index is 11.1. The molecule has 0 aliphatic carbocycles. The Morgan fingerprint density at radius 1 is 1.35 bits per heavy atom. The molecule has 6 nitrogen and oxygen atoms in total. The number of hydrogen-bond donors (Lipinski definition) is 3. The molecule has 0 aromatic carbocycles. The molecule has 1 heterocycles. The van der Waals surface area contributed by atoms with Gasteiger partial charge in [0.15, 0.2) is 5.96 Å². The molecule has 1 amide bonds. The summed E-state index contributed by atoms with van der Waals surface area (Å²) in [5, 5.41) is 6.24. The van der Waals surface area contributed by atoms with Crippen molar-refractivity contribution in [2.45, 2.75) is 32.6 Å². The van der Waals surface area contributed by atoms with E-state index in [1.54, 1.807) is 0 Å². The lowest BCUT2D eigenvalue weighted by Gasteiger charge is -2.30. The highest BCUT2D eigenvalue weighted by Gasteiger charge is 2.22. The van der Waals surface area contributed by atoms with Crippen molar-refractivity contribution in [3.63, 3.8) is 0 Å². The lowest BCUT2D eigenvalue weighted by Crippen LogP contribution is -2.39. The van der Waals surface area contributed by atoms with E-state index in [1.165, 1.54) is 0 Å². The lowest BCUT2D eigenvalue weighted by molar-refractivity contribution is -0.123. The molecule has 0 saturated carbocycles. The maximum absolute atomic E-state index is 11.1. The number of likely N-dealkylation sites (tertiary alicyclic amines) is 1. The van der Waals surface area contributed by atoms with Gasteiger partial charge >= 0.3 is 0 Å². The first kappa shape index (κ1) is 22.0. The summed E-state index contributed by atoms with van der Waals surface area (Å²) in [5.41, 5.74) is 5.34. The number of nitrogens with zero attached hydrogens (tertiary/aromatic N) is 2. The number of halogens is 1. The molecule has 1 aliphatic heterocycles. The van der Waals surface area contributed by atoms with Crippen molar-refractivity contribution in [3.05, 3.63) is 0 Å². The van der Waals surface area contributed by atoms with Crippen LogP contribution in [0.5, 0.6) is 0 Å². The summed E-state index contributed by atoms with van der Waals surface area (Å²) in [4.78, 5) is 18.0. The monoisotopic (exact) mass is 435 g/mol. The second-order valence-electron chi connectivity index (χ2n) is 5.54. The molecule has 23 heavy (non-hydrogen) atoms. The minimum Gasteiger partial charge on any atom is -0.369 e. The molecule has 0 aromatic heterocycles. The third-order valence-electron chi connectivity index (χ3n) is 3.84. The van der Waals surface area contributed by atoms with Gasteiger partial charge in [-0.25, -0.2) is 0 Å². The van der Waals surface area contributed by atoms with Gasteiger partial charge < -0.3 is 21.3 Å². The summed E-state index contributed by atoms with van der Waals surface area (Å²) in [6.45, 7) is 7.15. The third-order valence-corrected chi connectivity index (χ3v) is 3.84. The number of carbonyl (C=O) groups is 1. The van der Waals surface area contributed by atoms with Gasteiger partial charge in [0.2, 0.25) is 5.91 Å². The fraction of sp³-hybridized carbons (Fsp3) is 0.750. The van der Waals surface area contributed by atoms with E-state index in [0.29, 0.717) is 6.54 Å². The summed E-state index contributed by atoms with van der Waals surface area (Å²) in [6, 6.07) is 0. The van der Waals surface area contributed by atoms with E-state index >= 15 is 0 Å². The van der Waals surface area contributed by atoms with Gasteiger partial charge in [-0.3, -0.25) is 9.79 Å². The Balaban J connectivity index is 0.00000484. The predicted octanol–water partition coefficient (Wildman–Crippen LogP) is 0.770. The normalized spacial score (nSPS) is 16.3. The molecule has 1 saturated heterocycles. The van der Waals surface area contributed by atoms with Crippen molar-refractivity contribution in [2.75, 3.05) is 39.3 Å². The van der Waals surface area contributed by atoms with Crippen molar-refractivity contribution in [2.24, 2.45) is 16.6 Å². The van der Waals surface area contributed by atoms with Gasteiger partial charge in [-0.05, 0) is 52.2 Å². The number of unbranched alkanes of at least 4 members (excludes halogenated alkanes) is 1. The molecular weight excluding hydrogens is 405 g/mol. The molecule has 0 unspecified atom stereocenters. The second-order valence-corrected chi connectivity index (χ2v) is 5.54. The van der Waals surface area contributed by atoms with Crippen LogP contribution in [-0.4, -0.2) is 56.0 Å². The fourth-order valence-electron chi connectivity index (χ4n) is 2.56. The highest BCUT2D eigenvalue weighted by molar-refractivity contribution is 14.0. The lowest BCUT2D eigenvalue weighted by atomic mass is 9.96. The van der Waals surface area contributed by atoms with Crippen molar-refractivity contribution < 1.29 is 4.79 Å². The minimum atomic E-state index is -0.149. The molecule has 0 spiro atoms. The Morgan fingerprint density at radius 3 is 2.61 bits per heavy atom.